The second-order valence-corrected chi connectivity index (χ2v) is 3.87. The molecule has 2 heteroatoms. The monoisotopic (exact) mass is 202 g/mol. The molecule has 2 rings (SSSR count). The standard InChI is InChI=1S/C13H18N2/c1-14-8-3-6-11-4-2-5-12-10-15-9-7-13(11)12/h2-6,14-15H,7-10H2,1H3. The Bertz CT molecular complexity index is 356. The number of rotatable bonds is 3. The van der Waals surface area contributed by atoms with Crippen molar-refractivity contribution in [3.05, 3.63) is 41.0 Å². The Morgan fingerprint density at radius 3 is 3.27 bits per heavy atom. The molecule has 1 aliphatic heterocycles. The molecule has 0 saturated heterocycles. The maximum absolute atomic E-state index is 3.40. The van der Waals surface area contributed by atoms with Gasteiger partial charge in [0.15, 0.2) is 0 Å². The van der Waals surface area contributed by atoms with Gasteiger partial charge in [-0.3, -0.25) is 0 Å². The first-order valence-electron chi connectivity index (χ1n) is 5.54. The van der Waals surface area contributed by atoms with Crippen molar-refractivity contribution in [2.45, 2.75) is 13.0 Å². The molecule has 0 saturated carbocycles. The predicted octanol–water partition coefficient (Wildman–Crippen LogP) is 1.56. The van der Waals surface area contributed by atoms with Crippen LogP contribution in [0, 0.1) is 0 Å². The van der Waals surface area contributed by atoms with Gasteiger partial charge >= 0.3 is 0 Å². The van der Waals surface area contributed by atoms with Crippen LogP contribution >= 0.6 is 0 Å². The summed E-state index contributed by atoms with van der Waals surface area (Å²) in [6.45, 7) is 3.05. The number of likely N-dealkylation sites (N-methyl/N-ethyl adjacent to an activating group) is 1. The van der Waals surface area contributed by atoms with Crippen LogP contribution in [0.2, 0.25) is 0 Å². The van der Waals surface area contributed by atoms with Gasteiger partial charge in [-0.2, -0.15) is 0 Å². The minimum absolute atomic E-state index is 0.932. The Morgan fingerprint density at radius 1 is 1.47 bits per heavy atom. The molecule has 15 heavy (non-hydrogen) atoms. The lowest BCUT2D eigenvalue weighted by Gasteiger charge is -2.18. The number of hydrogen-bond acceptors (Lipinski definition) is 2. The summed E-state index contributed by atoms with van der Waals surface area (Å²) in [6, 6.07) is 6.57. The molecule has 0 aromatic heterocycles. The van der Waals surface area contributed by atoms with Crippen molar-refractivity contribution in [2.75, 3.05) is 20.1 Å². The summed E-state index contributed by atoms with van der Waals surface area (Å²) in [7, 11) is 1.97. The predicted molar refractivity (Wildman–Crippen MR) is 64.8 cm³/mol. The molecular formula is C13H18N2. The van der Waals surface area contributed by atoms with Crippen molar-refractivity contribution in [1.29, 1.82) is 0 Å². The third-order valence-corrected chi connectivity index (χ3v) is 2.80. The van der Waals surface area contributed by atoms with Crippen LogP contribution in [0.25, 0.3) is 6.08 Å². The van der Waals surface area contributed by atoms with Crippen LogP contribution in [0.15, 0.2) is 24.3 Å². The van der Waals surface area contributed by atoms with Gasteiger partial charge in [0.05, 0.1) is 0 Å². The van der Waals surface area contributed by atoms with Crippen LogP contribution < -0.4 is 10.6 Å². The average molecular weight is 202 g/mol. The summed E-state index contributed by atoms with van der Waals surface area (Å²) in [6.07, 6.45) is 5.55. The zero-order chi connectivity index (χ0) is 10.5. The number of fused-ring (bicyclic) bond motifs is 1. The topological polar surface area (TPSA) is 24.1 Å². The summed E-state index contributed by atoms with van der Waals surface area (Å²) >= 11 is 0. The molecule has 2 N–H and O–H groups in total. The Kier molecular flexibility index (Phi) is 3.54. The number of nitrogens with one attached hydrogen (secondary N) is 2. The lowest BCUT2D eigenvalue weighted by Crippen LogP contribution is -2.24. The minimum Gasteiger partial charge on any atom is -0.316 e. The second kappa shape index (κ2) is 5.10. The molecule has 2 nitrogen and oxygen atoms in total. The molecule has 0 bridgehead atoms. The Morgan fingerprint density at radius 2 is 2.40 bits per heavy atom. The molecular weight excluding hydrogens is 184 g/mol. The average Bonchev–Trinajstić information content (AvgIpc) is 2.30. The maximum Gasteiger partial charge on any atom is 0.0208 e. The van der Waals surface area contributed by atoms with E-state index in [1.165, 1.54) is 16.7 Å². The summed E-state index contributed by atoms with van der Waals surface area (Å²) < 4.78 is 0. The van der Waals surface area contributed by atoms with Gasteiger partial charge in [0.2, 0.25) is 0 Å². The molecule has 0 aliphatic carbocycles. The third kappa shape index (κ3) is 2.46. The van der Waals surface area contributed by atoms with Crippen molar-refractivity contribution in [3.8, 4) is 0 Å². The van der Waals surface area contributed by atoms with Gasteiger partial charge in [-0.1, -0.05) is 30.4 Å². The first-order valence-corrected chi connectivity index (χ1v) is 5.54. The van der Waals surface area contributed by atoms with Gasteiger partial charge in [0, 0.05) is 13.1 Å². The highest BCUT2D eigenvalue weighted by atomic mass is 14.9. The molecule has 0 atom stereocenters. The fourth-order valence-electron chi connectivity index (χ4n) is 2.02. The Labute approximate surface area is 91.4 Å². The first-order chi connectivity index (χ1) is 7.42. The van der Waals surface area contributed by atoms with Crippen LogP contribution in [-0.2, 0) is 13.0 Å². The van der Waals surface area contributed by atoms with Crippen molar-refractivity contribution < 1.29 is 0 Å². The maximum atomic E-state index is 3.40. The van der Waals surface area contributed by atoms with Gasteiger partial charge in [-0.05, 0) is 36.7 Å². The molecule has 0 spiro atoms. The second-order valence-electron chi connectivity index (χ2n) is 3.87. The summed E-state index contributed by atoms with van der Waals surface area (Å²) in [4.78, 5) is 0. The molecule has 1 aliphatic rings. The first kappa shape index (κ1) is 10.4. The molecule has 1 aromatic rings. The highest BCUT2D eigenvalue weighted by Gasteiger charge is 2.10. The van der Waals surface area contributed by atoms with Gasteiger partial charge in [-0.25, -0.2) is 0 Å². The van der Waals surface area contributed by atoms with Crippen LogP contribution in [0.3, 0.4) is 0 Å². The molecule has 0 unspecified atom stereocenters. The van der Waals surface area contributed by atoms with E-state index in [4.69, 9.17) is 0 Å². The number of benzene rings is 1. The van der Waals surface area contributed by atoms with Crippen molar-refractivity contribution in [1.82, 2.24) is 10.6 Å². The van der Waals surface area contributed by atoms with Crippen molar-refractivity contribution in [2.24, 2.45) is 0 Å². The van der Waals surface area contributed by atoms with E-state index < -0.39 is 0 Å². The van der Waals surface area contributed by atoms with Crippen molar-refractivity contribution >= 4 is 6.08 Å². The zero-order valence-electron chi connectivity index (χ0n) is 9.22. The van der Waals surface area contributed by atoms with E-state index >= 15 is 0 Å². The van der Waals surface area contributed by atoms with E-state index in [0.29, 0.717) is 0 Å². The van der Waals surface area contributed by atoms with Crippen LogP contribution in [0.4, 0.5) is 0 Å². The lowest BCUT2D eigenvalue weighted by molar-refractivity contribution is 0.643. The van der Waals surface area contributed by atoms with E-state index in [2.05, 4.69) is 41.0 Å². The molecule has 80 valence electrons. The molecule has 0 amide bonds. The van der Waals surface area contributed by atoms with Crippen LogP contribution in [0.5, 0.6) is 0 Å². The zero-order valence-corrected chi connectivity index (χ0v) is 9.22. The fourth-order valence-corrected chi connectivity index (χ4v) is 2.02. The quantitative estimate of drug-likeness (QED) is 0.777. The van der Waals surface area contributed by atoms with Gasteiger partial charge in [0.25, 0.3) is 0 Å². The number of hydrogen-bond donors (Lipinski definition) is 2. The van der Waals surface area contributed by atoms with Crippen LogP contribution in [0.1, 0.15) is 16.7 Å². The summed E-state index contributed by atoms with van der Waals surface area (Å²) in [5.41, 5.74) is 4.35. The third-order valence-electron chi connectivity index (χ3n) is 2.80. The highest BCUT2D eigenvalue weighted by molar-refractivity contribution is 5.56. The van der Waals surface area contributed by atoms with Gasteiger partial charge in [0.1, 0.15) is 0 Å². The van der Waals surface area contributed by atoms with E-state index in [1.54, 1.807) is 0 Å². The van der Waals surface area contributed by atoms with Gasteiger partial charge < -0.3 is 10.6 Å². The van der Waals surface area contributed by atoms with E-state index in [0.717, 1.165) is 26.1 Å². The SMILES string of the molecule is CNCC=Cc1cccc2c1CCNC2. The largest absolute Gasteiger partial charge is 0.316 e. The Hall–Kier alpha value is -1.12. The van der Waals surface area contributed by atoms with Crippen molar-refractivity contribution in [3.63, 3.8) is 0 Å². The van der Waals surface area contributed by atoms with Crippen LogP contribution in [-0.4, -0.2) is 20.1 Å². The highest BCUT2D eigenvalue weighted by Crippen LogP contribution is 2.19. The normalized spacial score (nSPS) is 15.5. The summed E-state index contributed by atoms with van der Waals surface area (Å²) in [5, 5.41) is 6.52. The van der Waals surface area contributed by atoms with E-state index in [-0.39, 0.29) is 0 Å². The van der Waals surface area contributed by atoms with E-state index in [9.17, 15) is 0 Å². The fraction of sp³-hybridized carbons (Fsp3) is 0.385. The Balaban J connectivity index is 2.23. The van der Waals surface area contributed by atoms with E-state index in [1.807, 2.05) is 7.05 Å². The lowest BCUT2D eigenvalue weighted by atomic mass is 9.95. The molecule has 0 fully saturated rings. The smallest absolute Gasteiger partial charge is 0.0208 e. The summed E-state index contributed by atoms with van der Waals surface area (Å²) in [5.74, 6) is 0. The van der Waals surface area contributed by atoms with Gasteiger partial charge in [-0.15, -0.1) is 0 Å². The molecule has 0 radical (unpaired) electrons. The molecule has 1 aromatic carbocycles. The molecule has 1 heterocycles. The minimum atomic E-state index is 0.932.